The molecule has 1 aliphatic heterocycles. The van der Waals surface area contributed by atoms with Crippen LogP contribution in [0.2, 0.25) is 0 Å². The lowest BCUT2D eigenvalue weighted by Crippen LogP contribution is -2.45. The number of hydrogen-bond acceptors (Lipinski definition) is 3. The van der Waals surface area contributed by atoms with Gasteiger partial charge in [-0.25, -0.2) is 4.79 Å². The molecule has 1 saturated heterocycles. The number of para-hydroxylation sites is 1. The molecule has 1 aliphatic rings. The molecular formula is C23H28N2O3. The van der Waals surface area contributed by atoms with Gasteiger partial charge >= 0.3 is 6.09 Å². The first-order chi connectivity index (χ1) is 13.3. The highest BCUT2D eigenvalue weighted by molar-refractivity contribution is 5.97. The van der Waals surface area contributed by atoms with Gasteiger partial charge in [0.1, 0.15) is 11.6 Å². The number of carbonyl (C=O) groups excluding carboxylic acids is 2. The van der Waals surface area contributed by atoms with Gasteiger partial charge in [-0.05, 0) is 57.2 Å². The summed E-state index contributed by atoms with van der Waals surface area (Å²) in [5.41, 5.74) is 2.43. The molecule has 1 fully saturated rings. The molecule has 0 radical (unpaired) electrons. The van der Waals surface area contributed by atoms with E-state index >= 15 is 0 Å². The van der Waals surface area contributed by atoms with Crippen LogP contribution in [-0.2, 0) is 16.0 Å². The van der Waals surface area contributed by atoms with E-state index in [1.807, 2.05) is 63.2 Å². The molecule has 0 unspecified atom stereocenters. The topological polar surface area (TPSA) is 58.6 Å². The number of anilines is 1. The number of ether oxygens (including phenoxy) is 1. The summed E-state index contributed by atoms with van der Waals surface area (Å²) in [4.78, 5) is 26.9. The Morgan fingerprint density at radius 1 is 1.07 bits per heavy atom. The minimum Gasteiger partial charge on any atom is -0.444 e. The number of hydrogen-bond donors (Lipinski definition) is 1. The highest BCUT2D eigenvalue weighted by Crippen LogP contribution is 2.24. The highest BCUT2D eigenvalue weighted by atomic mass is 16.6. The summed E-state index contributed by atoms with van der Waals surface area (Å²) < 4.78 is 5.46. The third-order valence-corrected chi connectivity index (χ3v) is 4.70. The van der Waals surface area contributed by atoms with Gasteiger partial charge in [0.05, 0.1) is 0 Å². The summed E-state index contributed by atoms with van der Waals surface area (Å²) in [6.45, 7) is 6.03. The van der Waals surface area contributed by atoms with Crippen LogP contribution in [0.5, 0.6) is 0 Å². The number of amides is 2. The zero-order valence-corrected chi connectivity index (χ0v) is 16.8. The van der Waals surface area contributed by atoms with Gasteiger partial charge in [0.15, 0.2) is 0 Å². The second-order valence-corrected chi connectivity index (χ2v) is 8.14. The van der Waals surface area contributed by atoms with Gasteiger partial charge in [-0.15, -0.1) is 0 Å². The van der Waals surface area contributed by atoms with Crippen LogP contribution >= 0.6 is 0 Å². The molecule has 5 heteroatoms. The molecule has 0 aromatic heterocycles. The van der Waals surface area contributed by atoms with Crippen LogP contribution < -0.4 is 5.32 Å². The zero-order valence-electron chi connectivity index (χ0n) is 16.8. The fourth-order valence-corrected chi connectivity index (χ4v) is 3.41. The van der Waals surface area contributed by atoms with E-state index in [9.17, 15) is 9.59 Å². The lowest BCUT2D eigenvalue weighted by molar-refractivity contribution is -0.120. The smallest absolute Gasteiger partial charge is 0.410 e. The van der Waals surface area contributed by atoms with E-state index in [2.05, 4.69) is 17.4 Å². The maximum absolute atomic E-state index is 12.9. The monoisotopic (exact) mass is 380 g/mol. The first kappa shape index (κ1) is 19.9. The lowest BCUT2D eigenvalue weighted by Gasteiger charge is -2.28. The molecule has 0 saturated carbocycles. The van der Waals surface area contributed by atoms with Crippen LogP contribution in [0.15, 0.2) is 54.6 Å². The second-order valence-electron chi connectivity index (χ2n) is 8.14. The Morgan fingerprint density at radius 2 is 1.75 bits per heavy atom. The Labute approximate surface area is 166 Å². The lowest BCUT2D eigenvalue weighted by atomic mass is 10.0. The molecule has 2 aromatic carbocycles. The average molecular weight is 380 g/mol. The Balaban J connectivity index is 1.71. The quantitative estimate of drug-likeness (QED) is 0.842. The summed E-state index contributed by atoms with van der Waals surface area (Å²) in [6.07, 6.45) is 1.75. The van der Waals surface area contributed by atoms with Gasteiger partial charge in [-0.2, -0.15) is 0 Å². The first-order valence-electron chi connectivity index (χ1n) is 9.76. The van der Waals surface area contributed by atoms with Crippen LogP contribution in [0.1, 0.15) is 44.7 Å². The van der Waals surface area contributed by atoms with Gasteiger partial charge in [0.2, 0.25) is 5.91 Å². The van der Waals surface area contributed by atoms with E-state index in [0.717, 1.165) is 24.1 Å². The Morgan fingerprint density at radius 3 is 2.46 bits per heavy atom. The number of rotatable bonds is 4. The molecular weight excluding hydrogens is 352 g/mol. The second kappa shape index (κ2) is 8.46. The normalized spacial score (nSPS) is 16.7. The van der Waals surface area contributed by atoms with Gasteiger partial charge in [-0.1, -0.05) is 48.5 Å². The van der Waals surface area contributed by atoms with Crippen molar-refractivity contribution in [3.05, 3.63) is 65.7 Å². The summed E-state index contributed by atoms with van der Waals surface area (Å²) >= 11 is 0. The van der Waals surface area contributed by atoms with Crippen LogP contribution in [0.25, 0.3) is 0 Å². The fourth-order valence-electron chi connectivity index (χ4n) is 3.41. The Hall–Kier alpha value is -2.82. The summed E-state index contributed by atoms with van der Waals surface area (Å²) in [7, 11) is 0. The van der Waals surface area contributed by atoms with Crippen LogP contribution in [-0.4, -0.2) is 35.1 Å². The molecule has 5 nitrogen and oxygen atoms in total. The Kier molecular flexibility index (Phi) is 6.02. The van der Waals surface area contributed by atoms with Crippen molar-refractivity contribution in [2.45, 2.75) is 51.7 Å². The minimum absolute atomic E-state index is 0.163. The predicted molar refractivity (Wildman–Crippen MR) is 110 cm³/mol. The van der Waals surface area contributed by atoms with Crippen molar-refractivity contribution in [2.75, 3.05) is 11.9 Å². The summed E-state index contributed by atoms with van der Waals surface area (Å²) in [5.74, 6) is -0.163. The largest absolute Gasteiger partial charge is 0.444 e. The van der Waals surface area contributed by atoms with Crippen molar-refractivity contribution in [1.82, 2.24) is 4.90 Å². The predicted octanol–water partition coefficient (Wildman–Crippen LogP) is 4.62. The average Bonchev–Trinajstić information content (AvgIpc) is 3.13. The number of likely N-dealkylation sites (tertiary alicyclic amines) is 1. The summed E-state index contributed by atoms with van der Waals surface area (Å²) in [6, 6.07) is 17.4. The molecule has 1 heterocycles. The third kappa shape index (κ3) is 5.12. The molecule has 1 atom stereocenters. The van der Waals surface area contributed by atoms with Crippen LogP contribution in [0.4, 0.5) is 10.5 Å². The van der Waals surface area contributed by atoms with Gasteiger partial charge in [-0.3, -0.25) is 9.69 Å². The molecule has 28 heavy (non-hydrogen) atoms. The van der Waals surface area contributed by atoms with Gasteiger partial charge < -0.3 is 10.1 Å². The van der Waals surface area contributed by atoms with Crippen molar-refractivity contribution >= 4 is 17.7 Å². The SMILES string of the molecule is CC(C)(C)OC(=O)N1CCC[C@H]1C(=O)Nc1ccccc1Cc1ccccc1. The molecule has 0 aliphatic carbocycles. The van der Waals surface area contributed by atoms with Crippen molar-refractivity contribution in [3.8, 4) is 0 Å². The summed E-state index contributed by atoms with van der Waals surface area (Å²) in [5, 5.41) is 3.03. The third-order valence-electron chi connectivity index (χ3n) is 4.70. The fraction of sp³-hybridized carbons (Fsp3) is 0.391. The van der Waals surface area contributed by atoms with E-state index in [1.54, 1.807) is 4.90 Å². The standard InChI is InChI=1S/C23H28N2O3/c1-23(2,3)28-22(27)25-15-9-14-20(25)21(26)24-19-13-8-7-12-18(19)16-17-10-5-4-6-11-17/h4-8,10-13,20H,9,14-16H2,1-3H3,(H,24,26)/t20-/m0/s1. The number of benzene rings is 2. The molecule has 0 bridgehead atoms. The first-order valence-corrected chi connectivity index (χ1v) is 9.76. The van der Waals surface area contributed by atoms with Gasteiger partial charge in [0, 0.05) is 12.2 Å². The zero-order chi connectivity index (χ0) is 20.1. The van der Waals surface area contributed by atoms with Crippen LogP contribution in [0, 0.1) is 0 Å². The van der Waals surface area contributed by atoms with E-state index in [0.29, 0.717) is 13.0 Å². The molecule has 1 N–H and O–H groups in total. The number of carbonyl (C=O) groups is 2. The molecule has 148 valence electrons. The van der Waals surface area contributed by atoms with Crippen LogP contribution in [0.3, 0.4) is 0 Å². The van der Waals surface area contributed by atoms with Crippen molar-refractivity contribution < 1.29 is 14.3 Å². The number of nitrogens with zero attached hydrogens (tertiary/aromatic N) is 1. The van der Waals surface area contributed by atoms with Crippen molar-refractivity contribution in [3.63, 3.8) is 0 Å². The molecule has 3 rings (SSSR count). The molecule has 2 amide bonds. The highest BCUT2D eigenvalue weighted by Gasteiger charge is 2.36. The van der Waals surface area contributed by atoms with Crippen molar-refractivity contribution in [2.24, 2.45) is 0 Å². The maximum atomic E-state index is 12.9. The molecule has 2 aromatic rings. The Bertz CT molecular complexity index is 827. The van der Waals surface area contributed by atoms with Crippen molar-refractivity contribution in [1.29, 1.82) is 0 Å². The minimum atomic E-state index is -0.580. The van der Waals surface area contributed by atoms with E-state index in [4.69, 9.17) is 4.74 Å². The number of nitrogens with one attached hydrogen (secondary N) is 1. The van der Waals surface area contributed by atoms with E-state index in [1.165, 1.54) is 5.56 Å². The maximum Gasteiger partial charge on any atom is 0.410 e. The van der Waals surface area contributed by atoms with E-state index < -0.39 is 17.7 Å². The van der Waals surface area contributed by atoms with E-state index in [-0.39, 0.29) is 5.91 Å². The van der Waals surface area contributed by atoms with Gasteiger partial charge in [0.25, 0.3) is 0 Å². The molecule has 0 spiro atoms.